The van der Waals surface area contributed by atoms with Crippen molar-refractivity contribution >= 4 is 11.7 Å². The van der Waals surface area contributed by atoms with E-state index in [4.69, 9.17) is 0 Å². The van der Waals surface area contributed by atoms with Gasteiger partial charge in [0.25, 0.3) is 0 Å². The third-order valence-electron chi connectivity index (χ3n) is 3.78. The maximum Gasteiger partial charge on any atom is 0.239 e. The molecule has 2 rings (SSSR count). The van der Waals surface area contributed by atoms with Gasteiger partial charge in [0.1, 0.15) is 5.82 Å². The molecule has 2 N–H and O–H groups in total. The standard InChI is InChI=1S/C14H24N4O2/c1-3-7-18-13(4-6-15-18)16-14(20)10-17-8-5-12(9-17)11(2)19/h4,6,11-12,19H,3,5,7-10H2,1-2H3,(H,16,20). The largest absolute Gasteiger partial charge is 0.393 e. The molecule has 1 saturated heterocycles. The summed E-state index contributed by atoms with van der Waals surface area (Å²) in [6.07, 6.45) is 3.34. The first-order chi connectivity index (χ1) is 9.60. The summed E-state index contributed by atoms with van der Waals surface area (Å²) in [5.74, 6) is 1.02. The molecule has 1 aromatic heterocycles. The molecule has 0 aromatic carbocycles. The molecule has 0 aliphatic carbocycles. The van der Waals surface area contributed by atoms with E-state index in [1.807, 2.05) is 13.0 Å². The first-order valence-electron chi connectivity index (χ1n) is 7.32. The van der Waals surface area contributed by atoms with Crippen LogP contribution in [-0.2, 0) is 11.3 Å². The molecular weight excluding hydrogens is 256 g/mol. The van der Waals surface area contributed by atoms with Crippen molar-refractivity contribution in [2.75, 3.05) is 25.0 Å². The summed E-state index contributed by atoms with van der Waals surface area (Å²) in [5.41, 5.74) is 0. The van der Waals surface area contributed by atoms with Crippen molar-refractivity contribution in [2.24, 2.45) is 5.92 Å². The fourth-order valence-corrected chi connectivity index (χ4v) is 2.61. The number of aromatic nitrogens is 2. The van der Waals surface area contributed by atoms with Crippen molar-refractivity contribution in [1.82, 2.24) is 14.7 Å². The van der Waals surface area contributed by atoms with Gasteiger partial charge in [0.05, 0.1) is 18.8 Å². The molecule has 2 heterocycles. The number of amides is 1. The van der Waals surface area contributed by atoms with Gasteiger partial charge in [-0.1, -0.05) is 6.92 Å². The van der Waals surface area contributed by atoms with E-state index in [1.54, 1.807) is 10.9 Å². The Morgan fingerprint density at radius 1 is 1.65 bits per heavy atom. The Labute approximate surface area is 119 Å². The van der Waals surface area contributed by atoms with Crippen molar-refractivity contribution in [3.8, 4) is 0 Å². The van der Waals surface area contributed by atoms with Crippen LogP contribution in [0.3, 0.4) is 0 Å². The summed E-state index contributed by atoms with van der Waals surface area (Å²) in [4.78, 5) is 14.1. The lowest BCUT2D eigenvalue weighted by Crippen LogP contribution is -2.33. The fourth-order valence-electron chi connectivity index (χ4n) is 2.61. The number of carbonyl (C=O) groups excluding carboxylic acids is 1. The van der Waals surface area contributed by atoms with Crippen molar-refractivity contribution in [3.05, 3.63) is 12.3 Å². The van der Waals surface area contributed by atoms with E-state index in [0.717, 1.165) is 38.3 Å². The minimum atomic E-state index is -0.297. The molecule has 0 spiro atoms. The highest BCUT2D eigenvalue weighted by Crippen LogP contribution is 2.19. The molecule has 1 aromatic rings. The second kappa shape index (κ2) is 6.85. The van der Waals surface area contributed by atoms with Crippen LogP contribution in [0.4, 0.5) is 5.82 Å². The number of rotatable bonds is 6. The quantitative estimate of drug-likeness (QED) is 0.813. The molecule has 2 atom stereocenters. The van der Waals surface area contributed by atoms with Crippen LogP contribution >= 0.6 is 0 Å². The highest BCUT2D eigenvalue weighted by atomic mass is 16.3. The predicted molar refractivity (Wildman–Crippen MR) is 77.4 cm³/mol. The van der Waals surface area contributed by atoms with Crippen molar-refractivity contribution in [3.63, 3.8) is 0 Å². The second-order valence-electron chi connectivity index (χ2n) is 5.51. The minimum Gasteiger partial charge on any atom is -0.393 e. The molecule has 2 unspecified atom stereocenters. The summed E-state index contributed by atoms with van der Waals surface area (Å²) < 4.78 is 1.81. The van der Waals surface area contributed by atoms with Crippen molar-refractivity contribution in [1.29, 1.82) is 0 Å². The van der Waals surface area contributed by atoms with Crippen LogP contribution in [0.2, 0.25) is 0 Å². The topological polar surface area (TPSA) is 70.4 Å². The molecule has 0 radical (unpaired) electrons. The van der Waals surface area contributed by atoms with Crippen LogP contribution in [0, 0.1) is 5.92 Å². The predicted octanol–water partition coefficient (Wildman–Crippen LogP) is 0.934. The number of aliphatic hydroxyl groups is 1. The summed E-state index contributed by atoms with van der Waals surface area (Å²) in [5, 5.41) is 16.7. The number of hydrogen-bond acceptors (Lipinski definition) is 4. The van der Waals surface area contributed by atoms with E-state index in [2.05, 4.69) is 22.2 Å². The van der Waals surface area contributed by atoms with Crippen molar-refractivity contribution < 1.29 is 9.90 Å². The van der Waals surface area contributed by atoms with Crippen LogP contribution in [0.5, 0.6) is 0 Å². The third kappa shape index (κ3) is 3.80. The molecule has 6 nitrogen and oxygen atoms in total. The molecule has 20 heavy (non-hydrogen) atoms. The lowest BCUT2D eigenvalue weighted by Gasteiger charge is -2.17. The fraction of sp³-hybridized carbons (Fsp3) is 0.714. The number of anilines is 1. The number of aryl methyl sites for hydroxylation is 1. The summed E-state index contributed by atoms with van der Waals surface area (Å²) >= 11 is 0. The van der Waals surface area contributed by atoms with Crippen LogP contribution in [0.15, 0.2) is 12.3 Å². The first kappa shape index (κ1) is 15.0. The van der Waals surface area contributed by atoms with Gasteiger partial charge in [-0.05, 0) is 32.2 Å². The lowest BCUT2D eigenvalue weighted by molar-refractivity contribution is -0.117. The highest BCUT2D eigenvalue weighted by Gasteiger charge is 2.27. The number of nitrogens with zero attached hydrogens (tertiary/aromatic N) is 3. The number of nitrogens with one attached hydrogen (secondary N) is 1. The Morgan fingerprint density at radius 2 is 2.45 bits per heavy atom. The second-order valence-corrected chi connectivity index (χ2v) is 5.51. The molecule has 6 heteroatoms. The third-order valence-corrected chi connectivity index (χ3v) is 3.78. The van der Waals surface area contributed by atoms with Gasteiger partial charge in [0.2, 0.25) is 5.91 Å². The zero-order chi connectivity index (χ0) is 14.5. The van der Waals surface area contributed by atoms with E-state index < -0.39 is 0 Å². The van der Waals surface area contributed by atoms with Gasteiger partial charge in [-0.25, -0.2) is 4.68 Å². The van der Waals surface area contributed by atoms with Crippen LogP contribution < -0.4 is 5.32 Å². The molecular formula is C14H24N4O2. The van der Waals surface area contributed by atoms with E-state index in [9.17, 15) is 9.90 Å². The van der Waals surface area contributed by atoms with Gasteiger partial charge in [-0.15, -0.1) is 0 Å². The number of hydrogen-bond donors (Lipinski definition) is 2. The maximum absolute atomic E-state index is 12.0. The summed E-state index contributed by atoms with van der Waals surface area (Å²) in [6, 6.07) is 1.82. The van der Waals surface area contributed by atoms with Gasteiger partial charge in [0.15, 0.2) is 0 Å². The average molecular weight is 280 g/mol. The number of aliphatic hydroxyl groups excluding tert-OH is 1. The molecule has 1 fully saturated rings. The van der Waals surface area contributed by atoms with Gasteiger partial charge < -0.3 is 10.4 Å². The number of likely N-dealkylation sites (tertiary alicyclic amines) is 1. The normalized spacial score (nSPS) is 21.1. The Kier molecular flexibility index (Phi) is 5.14. The van der Waals surface area contributed by atoms with E-state index >= 15 is 0 Å². The van der Waals surface area contributed by atoms with Gasteiger partial charge in [-0.2, -0.15) is 5.10 Å². The van der Waals surface area contributed by atoms with Crippen LogP contribution in [0.1, 0.15) is 26.7 Å². The van der Waals surface area contributed by atoms with E-state index in [0.29, 0.717) is 6.54 Å². The highest BCUT2D eigenvalue weighted by molar-refractivity contribution is 5.91. The Bertz CT molecular complexity index is 444. The van der Waals surface area contributed by atoms with Gasteiger partial charge >= 0.3 is 0 Å². The lowest BCUT2D eigenvalue weighted by atomic mass is 10.0. The minimum absolute atomic E-state index is 0.0194. The smallest absolute Gasteiger partial charge is 0.239 e. The molecule has 112 valence electrons. The summed E-state index contributed by atoms with van der Waals surface area (Å²) in [6.45, 7) is 6.73. The number of carbonyl (C=O) groups is 1. The van der Waals surface area contributed by atoms with Gasteiger partial charge in [-0.3, -0.25) is 9.69 Å². The summed E-state index contributed by atoms with van der Waals surface area (Å²) in [7, 11) is 0. The van der Waals surface area contributed by atoms with E-state index in [1.165, 1.54) is 0 Å². The molecule has 1 aliphatic heterocycles. The maximum atomic E-state index is 12.0. The monoisotopic (exact) mass is 280 g/mol. The average Bonchev–Trinajstić information content (AvgIpc) is 3.00. The zero-order valence-electron chi connectivity index (χ0n) is 12.2. The Hall–Kier alpha value is -1.40. The molecule has 0 saturated carbocycles. The van der Waals surface area contributed by atoms with Crippen molar-refractivity contribution in [2.45, 2.75) is 39.3 Å². The first-order valence-corrected chi connectivity index (χ1v) is 7.32. The zero-order valence-corrected chi connectivity index (χ0v) is 12.2. The van der Waals surface area contributed by atoms with Crippen LogP contribution in [-0.4, -0.2) is 51.4 Å². The molecule has 0 bridgehead atoms. The molecule has 1 aliphatic rings. The molecule has 1 amide bonds. The van der Waals surface area contributed by atoms with Crippen LogP contribution in [0.25, 0.3) is 0 Å². The van der Waals surface area contributed by atoms with E-state index in [-0.39, 0.29) is 17.9 Å². The SMILES string of the molecule is CCCn1nccc1NC(=O)CN1CCC(C(C)O)C1. The Morgan fingerprint density at radius 3 is 3.10 bits per heavy atom. The Balaban J connectivity index is 1.82. The van der Waals surface area contributed by atoms with Gasteiger partial charge in [0, 0.05) is 19.2 Å².